The van der Waals surface area contributed by atoms with Crippen LogP contribution in [0.25, 0.3) is 0 Å². The van der Waals surface area contributed by atoms with Crippen molar-refractivity contribution in [2.24, 2.45) is 40.4 Å². The Balaban J connectivity index is 1.07. The first kappa shape index (κ1) is 25.1. The van der Waals surface area contributed by atoms with Crippen molar-refractivity contribution < 1.29 is 5.11 Å². The molecule has 4 aliphatic carbocycles. The normalized spacial score (nSPS) is 42.2. The molecule has 3 saturated carbocycles. The van der Waals surface area contributed by atoms with Gasteiger partial charge in [-0.1, -0.05) is 62.8 Å². The largest absolute Gasteiger partial charge is 0.393 e. The summed E-state index contributed by atoms with van der Waals surface area (Å²) in [5.74, 6) is 4.33. The molecule has 198 valence electrons. The highest BCUT2D eigenvalue weighted by atomic mass is 16.3. The maximum absolute atomic E-state index is 10.3. The van der Waals surface area contributed by atoms with E-state index in [0.29, 0.717) is 10.8 Å². The second-order valence-electron chi connectivity index (χ2n) is 13.9. The first-order valence-corrected chi connectivity index (χ1v) is 15.2. The van der Waals surface area contributed by atoms with Gasteiger partial charge in [-0.15, -0.1) is 0 Å². The van der Waals surface area contributed by atoms with Gasteiger partial charge in [0.25, 0.3) is 0 Å². The van der Waals surface area contributed by atoms with Crippen molar-refractivity contribution in [1.82, 2.24) is 9.80 Å². The Labute approximate surface area is 220 Å². The zero-order valence-corrected chi connectivity index (χ0v) is 23.2. The molecule has 5 aliphatic rings. The molecule has 1 heterocycles. The Morgan fingerprint density at radius 1 is 0.917 bits per heavy atom. The van der Waals surface area contributed by atoms with Crippen molar-refractivity contribution in [3.63, 3.8) is 0 Å². The van der Waals surface area contributed by atoms with E-state index in [1.54, 1.807) is 5.57 Å². The topological polar surface area (TPSA) is 26.7 Å². The number of benzene rings is 1. The molecule has 0 amide bonds. The van der Waals surface area contributed by atoms with Gasteiger partial charge in [-0.05, 0) is 97.3 Å². The second-order valence-corrected chi connectivity index (χ2v) is 13.9. The first-order chi connectivity index (χ1) is 17.4. The first-order valence-electron chi connectivity index (χ1n) is 15.2. The fourth-order valence-electron chi connectivity index (χ4n) is 10.1. The zero-order valence-electron chi connectivity index (χ0n) is 23.2. The lowest BCUT2D eigenvalue weighted by molar-refractivity contribution is -0.0591. The van der Waals surface area contributed by atoms with Crippen LogP contribution in [0.5, 0.6) is 0 Å². The van der Waals surface area contributed by atoms with Crippen molar-refractivity contribution in [3.05, 3.63) is 47.5 Å². The third kappa shape index (κ3) is 4.41. The number of nitrogens with zero attached hydrogens (tertiary/aromatic N) is 2. The quantitative estimate of drug-likeness (QED) is 0.485. The number of hydrogen-bond donors (Lipinski definition) is 1. The Hall–Kier alpha value is -1.16. The summed E-state index contributed by atoms with van der Waals surface area (Å²) in [4.78, 5) is 5.42. The summed E-state index contributed by atoms with van der Waals surface area (Å²) in [6.45, 7) is 15.1. The molecule has 0 aromatic heterocycles. The summed E-state index contributed by atoms with van der Waals surface area (Å²) >= 11 is 0. The summed E-state index contributed by atoms with van der Waals surface area (Å²) in [5, 5.41) is 10.3. The zero-order chi connectivity index (χ0) is 24.9. The molecule has 1 aliphatic heterocycles. The van der Waals surface area contributed by atoms with Gasteiger partial charge in [0.15, 0.2) is 0 Å². The van der Waals surface area contributed by atoms with Crippen LogP contribution in [0.4, 0.5) is 0 Å². The van der Waals surface area contributed by atoms with Gasteiger partial charge in [0.1, 0.15) is 0 Å². The Bertz CT molecular complexity index is 936. The van der Waals surface area contributed by atoms with Crippen LogP contribution < -0.4 is 0 Å². The summed E-state index contributed by atoms with van der Waals surface area (Å²) in [7, 11) is 0. The molecule has 1 aromatic rings. The second kappa shape index (κ2) is 9.86. The molecule has 4 fully saturated rings. The molecule has 1 aromatic carbocycles. The average molecular weight is 491 g/mol. The fourth-order valence-corrected chi connectivity index (χ4v) is 10.1. The molecular weight excluding hydrogens is 440 g/mol. The van der Waals surface area contributed by atoms with Crippen molar-refractivity contribution in [2.45, 2.75) is 84.8 Å². The van der Waals surface area contributed by atoms with Crippen LogP contribution in [0.1, 0.15) is 77.7 Å². The van der Waals surface area contributed by atoms with E-state index in [1.807, 2.05) is 0 Å². The molecule has 3 nitrogen and oxygen atoms in total. The number of aliphatic hydroxyl groups is 1. The minimum Gasteiger partial charge on any atom is -0.393 e. The number of piperazine rings is 1. The lowest BCUT2D eigenvalue weighted by atomic mass is 9.47. The van der Waals surface area contributed by atoms with E-state index in [4.69, 9.17) is 0 Å². The predicted molar refractivity (Wildman–Crippen MR) is 149 cm³/mol. The van der Waals surface area contributed by atoms with Gasteiger partial charge in [-0.2, -0.15) is 0 Å². The van der Waals surface area contributed by atoms with Crippen LogP contribution in [-0.4, -0.2) is 53.7 Å². The number of fused-ring (bicyclic) bond motifs is 5. The van der Waals surface area contributed by atoms with Gasteiger partial charge >= 0.3 is 0 Å². The minimum atomic E-state index is -0.0911. The van der Waals surface area contributed by atoms with Crippen LogP contribution in [-0.2, 0) is 6.54 Å². The predicted octanol–water partition coefficient (Wildman–Crippen LogP) is 6.38. The summed E-state index contributed by atoms with van der Waals surface area (Å²) in [6.07, 6.45) is 12.7. The van der Waals surface area contributed by atoms with E-state index >= 15 is 0 Å². The minimum absolute atomic E-state index is 0.0911. The third-order valence-corrected chi connectivity index (χ3v) is 12.1. The van der Waals surface area contributed by atoms with Gasteiger partial charge < -0.3 is 10.0 Å². The molecule has 0 radical (unpaired) electrons. The van der Waals surface area contributed by atoms with E-state index in [2.05, 4.69) is 67.0 Å². The van der Waals surface area contributed by atoms with Crippen molar-refractivity contribution in [1.29, 1.82) is 0 Å². The molecule has 0 spiro atoms. The molecule has 36 heavy (non-hydrogen) atoms. The smallest absolute Gasteiger partial charge is 0.0577 e. The van der Waals surface area contributed by atoms with Crippen LogP contribution in [0.15, 0.2) is 42.0 Å². The maximum Gasteiger partial charge on any atom is 0.0577 e. The van der Waals surface area contributed by atoms with E-state index < -0.39 is 0 Å². The number of hydrogen-bond acceptors (Lipinski definition) is 3. The fraction of sp³-hybridized carbons (Fsp3) is 0.758. The van der Waals surface area contributed by atoms with Crippen LogP contribution in [0.3, 0.4) is 0 Å². The molecule has 3 heteroatoms. The summed E-state index contributed by atoms with van der Waals surface area (Å²) in [5.41, 5.74) is 3.96. The van der Waals surface area contributed by atoms with E-state index in [-0.39, 0.29) is 6.10 Å². The summed E-state index contributed by atoms with van der Waals surface area (Å²) in [6, 6.07) is 11.0. The third-order valence-electron chi connectivity index (χ3n) is 12.1. The monoisotopic (exact) mass is 490 g/mol. The highest BCUT2D eigenvalue weighted by Crippen LogP contribution is 2.67. The molecular formula is C33H50N2O. The molecule has 6 rings (SSSR count). The van der Waals surface area contributed by atoms with Crippen LogP contribution in [0, 0.1) is 40.4 Å². The number of aliphatic hydroxyl groups excluding tert-OH is 1. The van der Waals surface area contributed by atoms with Gasteiger partial charge in [0.2, 0.25) is 0 Å². The maximum atomic E-state index is 10.3. The van der Waals surface area contributed by atoms with Gasteiger partial charge in [0.05, 0.1) is 6.10 Å². The van der Waals surface area contributed by atoms with E-state index in [0.717, 1.165) is 49.0 Å². The molecule has 0 unspecified atom stereocenters. The van der Waals surface area contributed by atoms with Gasteiger partial charge in [0, 0.05) is 39.3 Å². The van der Waals surface area contributed by atoms with Crippen molar-refractivity contribution in [2.75, 3.05) is 32.7 Å². The SMILES string of the molecule is C[C@H](CN1CCN(Cc2ccccc2)CC1)[C@H]1CC[C@H]2[C@@H]3CC=C4C[C@@H](O)CC[C@]4(C)[C@H]3CC[C@]12C. The Kier molecular flexibility index (Phi) is 6.88. The van der Waals surface area contributed by atoms with Crippen LogP contribution >= 0.6 is 0 Å². The van der Waals surface area contributed by atoms with E-state index in [9.17, 15) is 5.11 Å². The van der Waals surface area contributed by atoms with Crippen molar-refractivity contribution in [3.8, 4) is 0 Å². The number of allylic oxidation sites excluding steroid dienone is 1. The lowest BCUT2D eigenvalue weighted by Crippen LogP contribution is -2.52. The highest BCUT2D eigenvalue weighted by molar-refractivity contribution is 5.25. The molecule has 1 saturated heterocycles. The highest BCUT2D eigenvalue weighted by Gasteiger charge is 2.59. The number of rotatable bonds is 5. The average Bonchev–Trinajstić information content (AvgIpc) is 3.24. The lowest BCUT2D eigenvalue weighted by Gasteiger charge is -2.58. The Morgan fingerprint density at radius 2 is 1.67 bits per heavy atom. The van der Waals surface area contributed by atoms with E-state index in [1.165, 1.54) is 76.8 Å². The summed E-state index contributed by atoms with van der Waals surface area (Å²) < 4.78 is 0. The standard InChI is InChI=1S/C33H50N2O/c1-24(22-34-17-19-35(20-18-34)23-25-7-5-4-6-8-25)29-11-12-30-28-10-9-26-21-27(36)13-15-32(26,2)31(28)14-16-33(29,30)3/h4-9,24,27-31,36H,10-23H2,1-3H3/t24-,27+,28+,29-,30+,31+,32+,33-/m1/s1. The molecule has 8 atom stereocenters. The Morgan fingerprint density at radius 3 is 2.44 bits per heavy atom. The van der Waals surface area contributed by atoms with Crippen molar-refractivity contribution >= 4 is 0 Å². The van der Waals surface area contributed by atoms with Gasteiger partial charge in [-0.25, -0.2) is 0 Å². The van der Waals surface area contributed by atoms with Gasteiger partial charge in [-0.3, -0.25) is 4.90 Å². The molecule has 1 N–H and O–H groups in total. The molecule has 0 bridgehead atoms. The van der Waals surface area contributed by atoms with Crippen LogP contribution in [0.2, 0.25) is 0 Å².